The number of carboxylic acids is 1. The first-order valence-electron chi connectivity index (χ1n) is 6.49. The molecule has 1 aliphatic rings. The first-order valence-corrected chi connectivity index (χ1v) is 6.49. The average Bonchev–Trinajstić information content (AvgIpc) is 2.57. The molecule has 6 heteroatoms. The molecule has 2 amide bonds. The monoisotopic (exact) mass is 276 g/mol. The second kappa shape index (κ2) is 6.18. The second-order valence-corrected chi connectivity index (χ2v) is 4.72. The summed E-state index contributed by atoms with van der Waals surface area (Å²) in [6.45, 7) is 0. The Hall–Kier alpha value is -2.37. The van der Waals surface area contributed by atoms with Crippen molar-refractivity contribution in [2.24, 2.45) is 0 Å². The topological polar surface area (TPSA) is 95.5 Å². The van der Waals surface area contributed by atoms with Gasteiger partial charge in [-0.15, -0.1) is 0 Å². The second-order valence-electron chi connectivity index (χ2n) is 4.72. The average molecular weight is 276 g/mol. The molecular weight excluding hydrogens is 260 g/mol. The fraction of sp³-hybridized carbons (Fsp3) is 0.357. The number of carbonyl (C=O) groups excluding carboxylic acids is 2. The lowest BCUT2D eigenvalue weighted by atomic mass is 10.1. The molecule has 6 nitrogen and oxygen atoms in total. The van der Waals surface area contributed by atoms with E-state index in [1.165, 1.54) is 0 Å². The largest absolute Gasteiger partial charge is 0.481 e. The Balaban J connectivity index is 2.03. The Bertz CT molecular complexity index is 554. The van der Waals surface area contributed by atoms with Crippen molar-refractivity contribution in [3.05, 3.63) is 23.8 Å². The molecule has 0 atom stereocenters. The summed E-state index contributed by atoms with van der Waals surface area (Å²) in [6.07, 6.45) is 1.80. The van der Waals surface area contributed by atoms with Crippen molar-refractivity contribution in [2.75, 3.05) is 10.6 Å². The third-order valence-electron chi connectivity index (χ3n) is 3.08. The zero-order valence-corrected chi connectivity index (χ0v) is 10.9. The van der Waals surface area contributed by atoms with Crippen molar-refractivity contribution in [3.8, 4) is 0 Å². The number of amides is 2. The molecule has 0 unspecified atom stereocenters. The maximum Gasteiger partial charge on any atom is 0.303 e. The Morgan fingerprint density at radius 1 is 1.25 bits per heavy atom. The highest BCUT2D eigenvalue weighted by Crippen LogP contribution is 2.25. The molecule has 1 aromatic rings. The van der Waals surface area contributed by atoms with Crippen molar-refractivity contribution < 1.29 is 19.5 Å². The summed E-state index contributed by atoms with van der Waals surface area (Å²) in [7, 11) is 0. The van der Waals surface area contributed by atoms with Gasteiger partial charge in [0, 0.05) is 24.2 Å². The van der Waals surface area contributed by atoms with Crippen LogP contribution in [0.2, 0.25) is 0 Å². The zero-order chi connectivity index (χ0) is 14.5. The van der Waals surface area contributed by atoms with Crippen LogP contribution in [0.5, 0.6) is 0 Å². The molecule has 0 bridgehead atoms. The van der Waals surface area contributed by atoms with Gasteiger partial charge >= 0.3 is 5.97 Å². The number of aliphatic carboxylic acids is 1. The van der Waals surface area contributed by atoms with E-state index < -0.39 is 5.97 Å². The van der Waals surface area contributed by atoms with E-state index in [0.29, 0.717) is 12.1 Å². The zero-order valence-electron chi connectivity index (χ0n) is 10.9. The van der Waals surface area contributed by atoms with Crippen LogP contribution in [-0.4, -0.2) is 22.9 Å². The fourth-order valence-corrected chi connectivity index (χ4v) is 2.10. The molecular formula is C14H16N2O4. The van der Waals surface area contributed by atoms with Crippen LogP contribution in [0.3, 0.4) is 0 Å². The lowest BCUT2D eigenvalue weighted by Gasteiger charge is -2.10. The van der Waals surface area contributed by atoms with Gasteiger partial charge in [0.2, 0.25) is 11.8 Å². The number of rotatable bonds is 4. The number of carbonyl (C=O) groups is 3. The van der Waals surface area contributed by atoms with Crippen molar-refractivity contribution >= 4 is 29.2 Å². The van der Waals surface area contributed by atoms with E-state index in [1.54, 1.807) is 12.1 Å². The minimum absolute atomic E-state index is 0.00185. The maximum atomic E-state index is 11.6. The predicted octanol–water partition coefficient (Wildman–Crippen LogP) is 1.76. The van der Waals surface area contributed by atoms with Crippen LogP contribution in [0.4, 0.5) is 11.4 Å². The lowest BCUT2D eigenvalue weighted by Crippen LogP contribution is -2.13. The third kappa shape index (κ3) is 3.81. The van der Waals surface area contributed by atoms with Crippen LogP contribution in [0.1, 0.15) is 31.2 Å². The fourth-order valence-electron chi connectivity index (χ4n) is 2.10. The summed E-state index contributed by atoms with van der Waals surface area (Å²) in [4.78, 5) is 33.4. The Morgan fingerprint density at radius 2 is 2.05 bits per heavy atom. The molecule has 1 heterocycles. The first kappa shape index (κ1) is 14.0. The highest BCUT2D eigenvalue weighted by atomic mass is 16.4. The van der Waals surface area contributed by atoms with Gasteiger partial charge in [-0.25, -0.2) is 0 Å². The molecule has 0 aromatic heterocycles. The molecule has 1 aliphatic heterocycles. The Kier molecular flexibility index (Phi) is 4.34. The minimum atomic E-state index is -0.996. The Labute approximate surface area is 116 Å². The van der Waals surface area contributed by atoms with Crippen LogP contribution in [-0.2, 0) is 20.8 Å². The summed E-state index contributed by atoms with van der Waals surface area (Å²) in [5, 5.41) is 14.0. The summed E-state index contributed by atoms with van der Waals surface area (Å²) in [5.74, 6) is -1.32. The molecule has 2 rings (SSSR count). The summed E-state index contributed by atoms with van der Waals surface area (Å²) in [5.41, 5.74) is 2.37. The molecule has 0 fully saturated rings. The molecule has 20 heavy (non-hydrogen) atoms. The Morgan fingerprint density at radius 3 is 2.80 bits per heavy atom. The molecule has 0 saturated heterocycles. The molecule has 1 aromatic carbocycles. The van der Waals surface area contributed by atoms with Crippen LogP contribution in [0.25, 0.3) is 0 Å². The van der Waals surface area contributed by atoms with Crippen LogP contribution >= 0.6 is 0 Å². The smallest absolute Gasteiger partial charge is 0.303 e. The van der Waals surface area contributed by atoms with E-state index in [1.807, 2.05) is 6.07 Å². The van der Waals surface area contributed by atoms with Crippen molar-refractivity contribution in [3.63, 3.8) is 0 Å². The maximum absolute atomic E-state index is 11.6. The standard InChI is InChI=1S/C14H16N2O4/c17-12-3-1-2-9-8-10(4-5-11(9)16-12)15-13(18)6-7-14(19)20/h4-5,8H,1-3,6-7H2,(H,15,18)(H,16,17)(H,19,20). The van der Waals surface area contributed by atoms with Gasteiger partial charge in [-0.2, -0.15) is 0 Å². The molecule has 0 spiro atoms. The minimum Gasteiger partial charge on any atom is -0.481 e. The number of hydrogen-bond acceptors (Lipinski definition) is 3. The van der Waals surface area contributed by atoms with Gasteiger partial charge in [0.15, 0.2) is 0 Å². The van der Waals surface area contributed by atoms with Gasteiger partial charge in [-0.1, -0.05) is 0 Å². The SMILES string of the molecule is O=C(O)CCC(=O)Nc1ccc2c(c1)CCCC(=O)N2. The van der Waals surface area contributed by atoms with Gasteiger partial charge in [-0.05, 0) is 36.6 Å². The quantitative estimate of drug-likeness (QED) is 0.780. The van der Waals surface area contributed by atoms with Gasteiger partial charge in [0.05, 0.1) is 6.42 Å². The number of fused-ring (bicyclic) bond motifs is 1. The molecule has 0 saturated carbocycles. The molecule has 106 valence electrons. The van der Waals surface area contributed by atoms with Gasteiger partial charge in [-0.3, -0.25) is 14.4 Å². The van der Waals surface area contributed by atoms with E-state index in [2.05, 4.69) is 10.6 Å². The van der Waals surface area contributed by atoms with Crippen molar-refractivity contribution in [1.29, 1.82) is 0 Å². The van der Waals surface area contributed by atoms with E-state index in [0.717, 1.165) is 24.1 Å². The van der Waals surface area contributed by atoms with Gasteiger partial charge < -0.3 is 15.7 Å². The molecule has 0 aliphatic carbocycles. The number of benzene rings is 1. The summed E-state index contributed by atoms with van der Waals surface area (Å²) < 4.78 is 0. The highest BCUT2D eigenvalue weighted by Gasteiger charge is 2.13. The van der Waals surface area contributed by atoms with Gasteiger partial charge in [0.25, 0.3) is 0 Å². The lowest BCUT2D eigenvalue weighted by molar-refractivity contribution is -0.138. The van der Waals surface area contributed by atoms with E-state index in [9.17, 15) is 14.4 Å². The normalized spacial score (nSPS) is 13.9. The first-order chi connectivity index (χ1) is 9.54. The molecule has 3 N–H and O–H groups in total. The van der Waals surface area contributed by atoms with Crippen LogP contribution in [0.15, 0.2) is 18.2 Å². The van der Waals surface area contributed by atoms with E-state index in [-0.39, 0.29) is 24.7 Å². The number of aryl methyl sites for hydroxylation is 1. The number of anilines is 2. The van der Waals surface area contributed by atoms with Crippen molar-refractivity contribution in [1.82, 2.24) is 0 Å². The highest BCUT2D eigenvalue weighted by molar-refractivity contribution is 5.95. The predicted molar refractivity (Wildman–Crippen MR) is 73.5 cm³/mol. The van der Waals surface area contributed by atoms with Crippen molar-refractivity contribution in [2.45, 2.75) is 32.1 Å². The van der Waals surface area contributed by atoms with Crippen LogP contribution in [0, 0.1) is 0 Å². The summed E-state index contributed by atoms with van der Waals surface area (Å²) in [6, 6.07) is 5.27. The number of hydrogen-bond donors (Lipinski definition) is 3. The van der Waals surface area contributed by atoms with Crippen LogP contribution < -0.4 is 10.6 Å². The molecule has 0 radical (unpaired) electrons. The number of carboxylic acid groups (broad SMARTS) is 1. The van der Waals surface area contributed by atoms with Gasteiger partial charge in [0.1, 0.15) is 0 Å². The van der Waals surface area contributed by atoms with E-state index >= 15 is 0 Å². The number of nitrogens with one attached hydrogen (secondary N) is 2. The van der Waals surface area contributed by atoms with E-state index in [4.69, 9.17) is 5.11 Å². The summed E-state index contributed by atoms with van der Waals surface area (Å²) >= 11 is 0. The third-order valence-corrected chi connectivity index (χ3v) is 3.08.